The van der Waals surface area contributed by atoms with Gasteiger partial charge in [-0.25, -0.2) is 9.07 Å². The summed E-state index contributed by atoms with van der Waals surface area (Å²) in [6.07, 6.45) is 3.49. The van der Waals surface area contributed by atoms with E-state index in [4.69, 9.17) is 9.62 Å². The van der Waals surface area contributed by atoms with Crippen molar-refractivity contribution in [1.29, 1.82) is 0 Å². The topological polar surface area (TPSA) is 47.1 Å². The van der Waals surface area contributed by atoms with Crippen molar-refractivity contribution < 1.29 is 8.91 Å². The van der Waals surface area contributed by atoms with E-state index in [1.165, 1.54) is 15.8 Å². The number of thiophene rings is 1. The van der Waals surface area contributed by atoms with E-state index < -0.39 is 0 Å². The molecule has 0 amide bonds. The number of hydrogen-bond donors (Lipinski definition) is 0. The molecule has 0 saturated heterocycles. The van der Waals surface area contributed by atoms with Crippen molar-refractivity contribution in [2.45, 2.75) is 26.9 Å². The zero-order chi connectivity index (χ0) is 19.7. The summed E-state index contributed by atoms with van der Waals surface area (Å²) in [7, 11) is 2.02. The number of hydrogen-bond acceptors (Lipinski definition) is 5. The van der Waals surface area contributed by atoms with E-state index in [9.17, 15) is 4.39 Å². The van der Waals surface area contributed by atoms with Crippen molar-refractivity contribution in [1.82, 2.24) is 19.8 Å². The number of rotatable bonds is 6. The molecule has 0 bridgehead atoms. The number of nitrogens with zero attached hydrogens (tertiary/aromatic N) is 4. The summed E-state index contributed by atoms with van der Waals surface area (Å²) in [4.78, 5) is 4.57. The lowest BCUT2D eigenvalue weighted by molar-refractivity contribution is 0.304. The summed E-state index contributed by atoms with van der Waals surface area (Å²) in [5.41, 5.74) is 4.33. The fourth-order valence-corrected chi connectivity index (χ4v) is 4.25. The van der Waals surface area contributed by atoms with Gasteiger partial charge < -0.3 is 4.52 Å². The first-order valence-corrected chi connectivity index (χ1v) is 9.81. The van der Waals surface area contributed by atoms with E-state index >= 15 is 0 Å². The maximum Gasteiger partial charge on any atom is 0.148 e. The number of aromatic nitrogens is 3. The first kappa shape index (κ1) is 18.6. The van der Waals surface area contributed by atoms with Crippen LogP contribution in [0.25, 0.3) is 16.9 Å². The minimum atomic E-state index is -0.294. The van der Waals surface area contributed by atoms with Gasteiger partial charge in [0.05, 0.1) is 11.4 Å². The molecule has 4 aromatic rings. The molecule has 3 heterocycles. The van der Waals surface area contributed by atoms with Gasteiger partial charge in [0.25, 0.3) is 0 Å². The van der Waals surface area contributed by atoms with Gasteiger partial charge in [0.1, 0.15) is 17.8 Å². The molecule has 144 valence electrons. The molecule has 0 N–H and O–H groups in total. The number of aryl methyl sites for hydroxylation is 2. The van der Waals surface area contributed by atoms with Crippen LogP contribution < -0.4 is 0 Å². The summed E-state index contributed by atoms with van der Waals surface area (Å²) in [6, 6.07) is 10.7. The average Bonchev–Trinajstić information content (AvgIpc) is 3.36. The van der Waals surface area contributed by atoms with Crippen molar-refractivity contribution in [3.05, 3.63) is 75.7 Å². The lowest BCUT2D eigenvalue weighted by Crippen LogP contribution is -2.17. The Bertz CT molecular complexity index is 1080. The zero-order valence-corrected chi connectivity index (χ0v) is 16.8. The highest BCUT2D eigenvalue weighted by molar-refractivity contribution is 7.12. The third-order valence-electron chi connectivity index (χ3n) is 4.55. The number of para-hydroxylation sites is 1. The minimum Gasteiger partial charge on any atom is -0.364 e. The lowest BCUT2D eigenvalue weighted by Gasteiger charge is -2.14. The highest BCUT2D eigenvalue weighted by atomic mass is 32.1. The quantitative estimate of drug-likeness (QED) is 0.461. The van der Waals surface area contributed by atoms with Crippen LogP contribution in [0.1, 0.15) is 21.0 Å². The molecular formula is C21H21FN4OS. The molecule has 7 heteroatoms. The van der Waals surface area contributed by atoms with Gasteiger partial charge in [-0.1, -0.05) is 17.3 Å². The van der Waals surface area contributed by atoms with Gasteiger partial charge in [0, 0.05) is 46.2 Å². The second-order valence-corrected chi connectivity index (χ2v) is 8.35. The van der Waals surface area contributed by atoms with Crippen molar-refractivity contribution in [2.24, 2.45) is 0 Å². The van der Waals surface area contributed by atoms with Gasteiger partial charge in [-0.15, -0.1) is 11.3 Å². The molecule has 28 heavy (non-hydrogen) atoms. The highest BCUT2D eigenvalue weighted by Crippen LogP contribution is 2.33. The fourth-order valence-electron chi connectivity index (χ4n) is 3.32. The van der Waals surface area contributed by atoms with Crippen LogP contribution in [0.2, 0.25) is 0 Å². The summed E-state index contributed by atoms with van der Waals surface area (Å²) in [5, 5.41) is 8.73. The second kappa shape index (κ2) is 7.69. The Kier molecular flexibility index (Phi) is 5.11. The highest BCUT2D eigenvalue weighted by Gasteiger charge is 2.18. The molecule has 0 aliphatic rings. The Morgan fingerprint density at radius 3 is 2.68 bits per heavy atom. The Morgan fingerprint density at radius 1 is 1.18 bits per heavy atom. The van der Waals surface area contributed by atoms with Gasteiger partial charge in [0.15, 0.2) is 0 Å². The van der Waals surface area contributed by atoms with Gasteiger partial charge in [-0.2, -0.15) is 5.10 Å². The van der Waals surface area contributed by atoms with E-state index in [1.54, 1.807) is 34.4 Å². The Labute approximate surface area is 167 Å². The molecule has 0 saturated carbocycles. The summed E-state index contributed by atoms with van der Waals surface area (Å²) < 4.78 is 20.9. The van der Waals surface area contributed by atoms with Crippen molar-refractivity contribution in [3.63, 3.8) is 0 Å². The van der Waals surface area contributed by atoms with Crippen LogP contribution in [-0.4, -0.2) is 26.9 Å². The Balaban J connectivity index is 1.72. The Hall–Kier alpha value is -2.77. The molecule has 0 radical (unpaired) electrons. The molecule has 0 aliphatic carbocycles. The van der Waals surface area contributed by atoms with Crippen molar-refractivity contribution in [3.8, 4) is 16.9 Å². The fraction of sp³-hybridized carbons (Fsp3) is 0.238. The Morgan fingerprint density at radius 2 is 2.00 bits per heavy atom. The summed E-state index contributed by atoms with van der Waals surface area (Å²) >= 11 is 1.74. The van der Waals surface area contributed by atoms with Crippen LogP contribution in [0.3, 0.4) is 0 Å². The van der Waals surface area contributed by atoms with Crippen LogP contribution in [0.4, 0.5) is 4.39 Å². The number of benzene rings is 1. The monoisotopic (exact) mass is 396 g/mol. The lowest BCUT2D eigenvalue weighted by atomic mass is 10.1. The molecule has 5 nitrogen and oxygen atoms in total. The predicted octanol–water partition coefficient (Wildman–Crippen LogP) is 4.98. The van der Waals surface area contributed by atoms with Gasteiger partial charge in [-0.05, 0) is 39.1 Å². The first-order valence-electron chi connectivity index (χ1n) is 9.00. The standard InChI is InChI=1S/C21H21FN4OS/c1-14-10-18(15(2)28-14)21-16(11-25(3)13-17-8-9-27-24-17)12-26(23-21)20-7-5-4-6-19(20)22/h4-10,12H,11,13H2,1-3H3. The number of halogens is 1. The molecule has 0 unspecified atom stereocenters. The SMILES string of the molecule is Cc1cc(-c2nn(-c3ccccc3F)cc2CN(C)Cc2ccon2)c(C)s1. The molecule has 0 spiro atoms. The van der Waals surface area contributed by atoms with Crippen LogP contribution >= 0.6 is 11.3 Å². The van der Waals surface area contributed by atoms with E-state index in [1.807, 2.05) is 25.4 Å². The minimum absolute atomic E-state index is 0.294. The molecule has 4 rings (SSSR count). The van der Waals surface area contributed by atoms with Crippen LogP contribution in [0.15, 0.2) is 53.4 Å². The molecule has 1 aromatic carbocycles. The first-order chi connectivity index (χ1) is 13.5. The maximum absolute atomic E-state index is 14.3. The molecule has 0 aliphatic heterocycles. The summed E-state index contributed by atoms with van der Waals surface area (Å²) in [6.45, 7) is 5.50. The van der Waals surface area contributed by atoms with Crippen LogP contribution in [0, 0.1) is 19.7 Å². The third-order valence-corrected chi connectivity index (χ3v) is 5.51. The van der Waals surface area contributed by atoms with E-state index in [0.29, 0.717) is 18.8 Å². The maximum atomic E-state index is 14.3. The molecule has 0 atom stereocenters. The predicted molar refractivity (Wildman–Crippen MR) is 108 cm³/mol. The van der Waals surface area contributed by atoms with E-state index in [2.05, 4.69) is 30.0 Å². The van der Waals surface area contributed by atoms with Crippen molar-refractivity contribution in [2.75, 3.05) is 7.05 Å². The van der Waals surface area contributed by atoms with Gasteiger partial charge in [-0.3, -0.25) is 4.90 Å². The largest absolute Gasteiger partial charge is 0.364 e. The zero-order valence-electron chi connectivity index (χ0n) is 16.0. The van der Waals surface area contributed by atoms with Crippen LogP contribution in [-0.2, 0) is 13.1 Å². The van der Waals surface area contributed by atoms with Gasteiger partial charge in [0.2, 0.25) is 0 Å². The summed E-state index contributed by atoms with van der Waals surface area (Å²) in [5.74, 6) is -0.294. The third kappa shape index (κ3) is 3.76. The molecule has 3 aromatic heterocycles. The second-order valence-electron chi connectivity index (χ2n) is 6.89. The average molecular weight is 396 g/mol. The van der Waals surface area contributed by atoms with Crippen molar-refractivity contribution >= 4 is 11.3 Å². The normalized spacial score (nSPS) is 11.5. The molecule has 0 fully saturated rings. The van der Waals surface area contributed by atoms with E-state index in [-0.39, 0.29) is 5.82 Å². The van der Waals surface area contributed by atoms with E-state index in [0.717, 1.165) is 22.5 Å². The molecular weight excluding hydrogens is 375 g/mol. The van der Waals surface area contributed by atoms with Gasteiger partial charge >= 0.3 is 0 Å². The van der Waals surface area contributed by atoms with Crippen LogP contribution in [0.5, 0.6) is 0 Å². The smallest absolute Gasteiger partial charge is 0.148 e.